The Bertz CT molecular complexity index is 962. The van der Waals surface area contributed by atoms with Gasteiger partial charge >= 0.3 is 0 Å². The summed E-state index contributed by atoms with van der Waals surface area (Å²) in [5.41, 5.74) is 1.22. The minimum atomic E-state index is -0.105. The molecule has 4 rings (SSSR count). The number of hydrogen-bond acceptors (Lipinski definition) is 4. The third-order valence-corrected chi connectivity index (χ3v) is 5.59. The maximum absolute atomic E-state index is 5.97. The van der Waals surface area contributed by atoms with E-state index >= 15 is 0 Å². The van der Waals surface area contributed by atoms with Crippen LogP contribution in [-0.4, -0.2) is 17.7 Å². The van der Waals surface area contributed by atoms with Gasteiger partial charge in [0, 0.05) is 12.3 Å². The largest absolute Gasteiger partial charge is 0.490 e. The molecule has 1 heterocycles. The normalized spacial score (nSPS) is 15.4. The lowest BCUT2D eigenvalue weighted by Crippen LogP contribution is -2.21. The van der Waals surface area contributed by atoms with Gasteiger partial charge in [-0.05, 0) is 73.7 Å². The van der Waals surface area contributed by atoms with Gasteiger partial charge in [-0.3, -0.25) is 0 Å². The van der Waals surface area contributed by atoms with E-state index in [2.05, 4.69) is 29.3 Å². The molecule has 32 heavy (non-hydrogen) atoms. The van der Waals surface area contributed by atoms with Gasteiger partial charge < -0.3 is 14.2 Å². The Kier molecular flexibility index (Phi) is 7.80. The van der Waals surface area contributed by atoms with E-state index in [1.54, 1.807) is 6.20 Å². The molecule has 1 aliphatic carbocycles. The molecule has 3 aromatic rings. The summed E-state index contributed by atoms with van der Waals surface area (Å²) >= 11 is 0. The number of aromatic nitrogens is 1. The summed E-state index contributed by atoms with van der Waals surface area (Å²) in [6.45, 7) is 2.40. The second-order valence-corrected chi connectivity index (χ2v) is 8.31. The second-order valence-electron chi connectivity index (χ2n) is 8.31. The Labute approximate surface area is 190 Å². The minimum Gasteiger partial charge on any atom is -0.490 e. The maximum Gasteiger partial charge on any atom is 0.213 e. The molecule has 0 bridgehead atoms. The molecule has 1 aromatic heterocycles. The monoisotopic (exact) mass is 429 g/mol. The Morgan fingerprint density at radius 1 is 0.875 bits per heavy atom. The van der Waals surface area contributed by atoms with Crippen molar-refractivity contribution in [2.75, 3.05) is 6.61 Å². The molecule has 1 fully saturated rings. The predicted molar refractivity (Wildman–Crippen MR) is 128 cm³/mol. The molecule has 0 N–H and O–H groups in total. The van der Waals surface area contributed by atoms with E-state index in [1.807, 2.05) is 61.5 Å². The SMILES string of the molecule is CC(COc1ccc(Oc2ccc(/C=C/C3CCCCC3)cc2)cc1)Oc1ccccn1. The van der Waals surface area contributed by atoms with Gasteiger partial charge in [0.1, 0.15) is 30.0 Å². The van der Waals surface area contributed by atoms with Crippen molar-refractivity contribution in [2.24, 2.45) is 5.92 Å². The first-order valence-electron chi connectivity index (χ1n) is 11.5. The fourth-order valence-electron chi connectivity index (χ4n) is 3.83. The van der Waals surface area contributed by atoms with Gasteiger partial charge in [0.15, 0.2) is 0 Å². The minimum absolute atomic E-state index is 0.105. The van der Waals surface area contributed by atoms with Gasteiger partial charge in [-0.1, -0.05) is 49.6 Å². The fourth-order valence-corrected chi connectivity index (χ4v) is 3.83. The van der Waals surface area contributed by atoms with E-state index in [4.69, 9.17) is 14.2 Å². The highest BCUT2D eigenvalue weighted by Crippen LogP contribution is 2.27. The first-order chi connectivity index (χ1) is 15.7. The third kappa shape index (κ3) is 6.88. The van der Waals surface area contributed by atoms with Crippen molar-refractivity contribution in [3.63, 3.8) is 0 Å². The van der Waals surface area contributed by atoms with Crippen molar-refractivity contribution >= 4 is 6.08 Å². The average Bonchev–Trinajstić information content (AvgIpc) is 2.84. The van der Waals surface area contributed by atoms with Gasteiger partial charge in [0.2, 0.25) is 5.88 Å². The molecule has 2 aromatic carbocycles. The topological polar surface area (TPSA) is 40.6 Å². The molecule has 1 atom stereocenters. The molecule has 0 spiro atoms. The van der Waals surface area contributed by atoms with Crippen LogP contribution in [0.4, 0.5) is 0 Å². The smallest absolute Gasteiger partial charge is 0.213 e. The molecule has 166 valence electrons. The lowest BCUT2D eigenvalue weighted by molar-refractivity contribution is 0.138. The van der Waals surface area contributed by atoms with Crippen LogP contribution in [0.1, 0.15) is 44.6 Å². The van der Waals surface area contributed by atoms with Crippen LogP contribution in [0.3, 0.4) is 0 Å². The lowest BCUT2D eigenvalue weighted by Gasteiger charge is -2.17. The van der Waals surface area contributed by atoms with Crippen LogP contribution in [0.15, 0.2) is 79.0 Å². The number of benzene rings is 2. The zero-order valence-corrected chi connectivity index (χ0v) is 18.7. The molecule has 0 saturated heterocycles. The van der Waals surface area contributed by atoms with Crippen molar-refractivity contribution in [1.29, 1.82) is 0 Å². The van der Waals surface area contributed by atoms with E-state index in [-0.39, 0.29) is 6.10 Å². The van der Waals surface area contributed by atoms with Crippen molar-refractivity contribution in [3.05, 3.63) is 84.6 Å². The molecule has 0 amide bonds. The zero-order chi connectivity index (χ0) is 22.0. The predicted octanol–water partition coefficient (Wildman–Crippen LogP) is 7.31. The van der Waals surface area contributed by atoms with Crippen molar-refractivity contribution in [1.82, 2.24) is 4.98 Å². The Morgan fingerprint density at radius 2 is 1.56 bits per heavy atom. The van der Waals surface area contributed by atoms with E-state index in [9.17, 15) is 0 Å². The summed E-state index contributed by atoms with van der Waals surface area (Å²) in [6.07, 6.45) is 13.0. The first kappa shape index (κ1) is 21.9. The molecule has 0 aliphatic heterocycles. The lowest BCUT2D eigenvalue weighted by atomic mass is 9.89. The van der Waals surface area contributed by atoms with Crippen molar-refractivity contribution in [2.45, 2.75) is 45.1 Å². The molecule has 1 aliphatic rings. The van der Waals surface area contributed by atoms with Gasteiger partial charge in [0.05, 0.1) is 0 Å². The highest BCUT2D eigenvalue weighted by atomic mass is 16.5. The second kappa shape index (κ2) is 11.4. The van der Waals surface area contributed by atoms with Crippen LogP contribution < -0.4 is 14.2 Å². The van der Waals surface area contributed by atoms with Gasteiger partial charge in [-0.15, -0.1) is 0 Å². The Balaban J connectivity index is 1.23. The Hall–Kier alpha value is -3.27. The Morgan fingerprint density at radius 3 is 2.25 bits per heavy atom. The van der Waals surface area contributed by atoms with Crippen molar-refractivity contribution in [3.8, 4) is 23.1 Å². The third-order valence-electron chi connectivity index (χ3n) is 5.59. The number of hydrogen-bond donors (Lipinski definition) is 0. The molecule has 0 radical (unpaired) electrons. The van der Waals surface area contributed by atoms with Gasteiger partial charge in [0.25, 0.3) is 0 Å². The van der Waals surface area contributed by atoms with E-state index < -0.39 is 0 Å². The summed E-state index contributed by atoms with van der Waals surface area (Å²) < 4.78 is 17.5. The quantitative estimate of drug-likeness (QED) is 0.357. The standard InChI is InChI=1S/C28H31NO3/c1-22(31-28-9-5-6-20-29-28)21-30-25-16-18-27(19-17-25)32-26-14-12-24(13-15-26)11-10-23-7-3-2-4-8-23/h5-6,9-20,22-23H,2-4,7-8,21H2,1H3/b11-10+. The summed E-state index contributed by atoms with van der Waals surface area (Å²) in [4.78, 5) is 4.16. The molecule has 1 saturated carbocycles. The first-order valence-corrected chi connectivity index (χ1v) is 11.5. The summed E-state index contributed by atoms with van der Waals surface area (Å²) in [5.74, 6) is 3.72. The molecule has 4 nitrogen and oxygen atoms in total. The van der Waals surface area contributed by atoms with Crippen LogP contribution in [0.25, 0.3) is 6.08 Å². The number of pyridine rings is 1. The zero-order valence-electron chi connectivity index (χ0n) is 18.7. The molecular formula is C28H31NO3. The number of nitrogens with zero attached hydrogens (tertiary/aromatic N) is 1. The van der Waals surface area contributed by atoms with Crippen LogP contribution in [0, 0.1) is 5.92 Å². The number of allylic oxidation sites excluding steroid dienone is 1. The van der Waals surface area contributed by atoms with E-state index in [0.29, 0.717) is 12.5 Å². The number of rotatable bonds is 9. The van der Waals surface area contributed by atoms with Gasteiger partial charge in [-0.25, -0.2) is 4.98 Å². The maximum atomic E-state index is 5.97. The van der Waals surface area contributed by atoms with Crippen LogP contribution in [0.5, 0.6) is 23.1 Å². The highest BCUT2D eigenvalue weighted by molar-refractivity contribution is 5.51. The van der Waals surface area contributed by atoms with Crippen LogP contribution >= 0.6 is 0 Å². The van der Waals surface area contributed by atoms with E-state index in [1.165, 1.54) is 37.7 Å². The summed E-state index contributed by atoms with van der Waals surface area (Å²) in [5, 5.41) is 0. The fraction of sp³-hybridized carbons (Fsp3) is 0.321. The van der Waals surface area contributed by atoms with Crippen LogP contribution in [-0.2, 0) is 0 Å². The average molecular weight is 430 g/mol. The van der Waals surface area contributed by atoms with Crippen molar-refractivity contribution < 1.29 is 14.2 Å². The molecule has 4 heteroatoms. The van der Waals surface area contributed by atoms with Crippen LogP contribution in [0.2, 0.25) is 0 Å². The summed E-state index contributed by atoms with van der Waals surface area (Å²) in [6, 6.07) is 21.5. The van der Waals surface area contributed by atoms with E-state index in [0.717, 1.165) is 23.2 Å². The number of ether oxygens (including phenoxy) is 3. The van der Waals surface area contributed by atoms with Gasteiger partial charge in [-0.2, -0.15) is 0 Å². The molecule has 1 unspecified atom stereocenters. The highest BCUT2D eigenvalue weighted by Gasteiger charge is 2.10. The molecular weight excluding hydrogens is 398 g/mol. The summed E-state index contributed by atoms with van der Waals surface area (Å²) in [7, 11) is 0.